The topological polar surface area (TPSA) is 63.6 Å². The number of ether oxygens (including phenoxy) is 1. The summed E-state index contributed by atoms with van der Waals surface area (Å²) in [6.07, 6.45) is 0.525. The largest absolute Gasteiger partial charge is 0.397 e. The van der Waals surface area contributed by atoms with Crippen LogP contribution in [-0.4, -0.2) is 23.7 Å². The number of hydrogen-bond acceptors (Lipinski definition) is 4. The number of aliphatic hydroxyl groups excluding tert-OH is 1. The minimum absolute atomic E-state index is 0.250. The van der Waals surface area contributed by atoms with Crippen molar-refractivity contribution in [3.63, 3.8) is 0 Å². The third-order valence-electron chi connectivity index (χ3n) is 0.761. The zero-order valence-electron chi connectivity index (χ0n) is 5.79. The van der Waals surface area contributed by atoms with Crippen LogP contribution in [0, 0.1) is 0 Å². The Bertz CT molecular complexity index is 116. The van der Waals surface area contributed by atoms with Gasteiger partial charge in [-0.05, 0) is 6.92 Å². The van der Waals surface area contributed by atoms with Crippen molar-refractivity contribution in [3.05, 3.63) is 0 Å². The number of rotatable bonds is 0. The molecule has 4 heteroatoms. The van der Waals surface area contributed by atoms with E-state index in [0.29, 0.717) is 0 Å². The average Bonchev–Trinajstić information content (AvgIpc) is 2.17. The van der Waals surface area contributed by atoms with Crippen molar-refractivity contribution in [1.29, 1.82) is 0 Å². The van der Waals surface area contributed by atoms with Gasteiger partial charge in [-0.1, -0.05) is 0 Å². The van der Waals surface area contributed by atoms with Crippen molar-refractivity contribution in [2.24, 2.45) is 0 Å². The van der Waals surface area contributed by atoms with E-state index in [0.717, 1.165) is 0 Å². The Balaban J connectivity index is 0.000000236. The molecule has 0 aromatic carbocycles. The molecule has 0 atom stereocenters. The quantitative estimate of drug-likeness (QED) is 0.381. The molecular formula is C6H10O4. The van der Waals surface area contributed by atoms with Crippen LogP contribution in [0.1, 0.15) is 19.8 Å². The third kappa shape index (κ3) is 4.03. The molecule has 10 heavy (non-hydrogen) atoms. The van der Waals surface area contributed by atoms with Gasteiger partial charge in [0.05, 0.1) is 12.8 Å². The molecule has 0 aromatic heterocycles. The summed E-state index contributed by atoms with van der Waals surface area (Å²) in [6.45, 7) is 1.93. The van der Waals surface area contributed by atoms with Crippen LogP contribution in [0.25, 0.3) is 0 Å². The highest BCUT2D eigenvalue weighted by molar-refractivity contribution is 5.92. The van der Waals surface area contributed by atoms with Crippen molar-refractivity contribution in [1.82, 2.24) is 0 Å². The second-order valence-electron chi connectivity index (χ2n) is 1.66. The van der Waals surface area contributed by atoms with Crippen LogP contribution in [0.4, 0.5) is 0 Å². The van der Waals surface area contributed by atoms with Crippen LogP contribution >= 0.6 is 0 Å². The summed E-state index contributed by atoms with van der Waals surface area (Å²) in [6, 6.07) is 0. The lowest BCUT2D eigenvalue weighted by Gasteiger charge is -1.79. The van der Waals surface area contributed by atoms with E-state index >= 15 is 0 Å². The Morgan fingerprint density at radius 1 is 1.40 bits per heavy atom. The Labute approximate surface area is 58.8 Å². The molecule has 4 nitrogen and oxygen atoms in total. The van der Waals surface area contributed by atoms with Gasteiger partial charge >= 0.3 is 11.9 Å². The smallest absolute Gasteiger partial charge is 0.314 e. The first-order valence-corrected chi connectivity index (χ1v) is 3.05. The molecule has 1 heterocycles. The van der Waals surface area contributed by atoms with E-state index < -0.39 is 11.9 Å². The molecule has 0 radical (unpaired) electrons. The molecule has 1 aliphatic heterocycles. The molecule has 0 bridgehead atoms. The van der Waals surface area contributed by atoms with E-state index in [-0.39, 0.29) is 19.4 Å². The van der Waals surface area contributed by atoms with Gasteiger partial charge in [-0.2, -0.15) is 0 Å². The van der Waals surface area contributed by atoms with Crippen LogP contribution in [0.15, 0.2) is 0 Å². The summed E-state index contributed by atoms with van der Waals surface area (Å²) in [5.41, 5.74) is 0. The lowest BCUT2D eigenvalue weighted by Crippen LogP contribution is -1.94. The normalized spacial score (nSPS) is 15.8. The minimum Gasteiger partial charge on any atom is -0.397 e. The van der Waals surface area contributed by atoms with E-state index in [2.05, 4.69) is 4.74 Å². The Hall–Kier alpha value is -0.900. The summed E-state index contributed by atoms with van der Waals surface area (Å²) in [7, 11) is 0. The molecule has 0 unspecified atom stereocenters. The number of esters is 2. The molecule has 58 valence electrons. The molecule has 1 N–H and O–H groups in total. The summed E-state index contributed by atoms with van der Waals surface area (Å²) >= 11 is 0. The third-order valence-corrected chi connectivity index (χ3v) is 0.761. The van der Waals surface area contributed by atoms with E-state index in [1.807, 2.05) is 0 Å². The van der Waals surface area contributed by atoms with Gasteiger partial charge in [-0.15, -0.1) is 0 Å². The molecule has 1 rings (SSSR count). The zero-order chi connectivity index (χ0) is 7.98. The number of aliphatic hydroxyl groups is 1. The molecule has 0 amide bonds. The fraction of sp³-hybridized carbons (Fsp3) is 0.667. The molecule has 0 spiro atoms. The van der Waals surface area contributed by atoms with Gasteiger partial charge in [-0.3, -0.25) is 9.59 Å². The van der Waals surface area contributed by atoms with Crippen LogP contribution in [0.2, 0.25) is 0 Å². The van der Waals surface area contributed by atoms with E-state index in [9.17, 15) is 9.59 Å². The molecule has 0 aromatic rings. The van der Waals surface area contributed by atoms with E-state index in [1.54, 1.807) is 6.92 Å². The number of hydrogen-bond donors (Lipinski definition) is 1. The SMILES string of the molecule is CCO.O=C1CCC(=O)O1. The Kier molecular flexibility index (Phi) is 4.49. The highest BCUT2D eigenvalue weighted by Crippen LogP contribution is 2.03. The monoisotopic (exact) mass is 146 g/mol. The Morgan fingerprint density at radius 2 is 1.70 bits per heavy atom. The van der Waals surface area contributed by atoms with Crippen molar-refractivity contribution < 1.29 is 19.4 Å². The summed E-state index contributed by atoms with van der Waals surface area (Å²) in [4.78, 5) is 20.0. The van der Waals surface area contributed by atoms with Gasteiger partial charge in [0.25, 0.3) is 0 Å². The van der Waals surface area contributed by atoms with Crippen LogP contribution in [0.5, 0.6) is 0 Å². The average molecular weight is 146 g/mol. The van der Waals surface area contributed by atoms with Gasteiger partial charge in [0.15, 0.2) is 0 Å². The second-order valence-corrected chi connectivity index (χ2v) is 1.66. The molecule has 1 saturated heterocycles. The maximum absolute atomic E-state index is 10.0. The van der Waals surface area contributed by atoms with Crippen LogP contribution < -0.4 is 0 Å². The molecular weight excluding hydrogens is 136 g/mol. The Morgan fingerprint density at radius 3 is 1.80 bits per heavy atom. The molecule has 1 aliphatic rings. The highest BCUT2D eigenvalue weighted by Gasteiger charge is 2.19. The predicted molar refractivity (Wildman–Crippen MR) is 33.1 cm³/mol. The van der Waals surface area contributed by atoms with Gasteiger partial charge in [0.2, 0.25) is 0 Å². The highest BCUT2D eigenvalue weighted by atomic mass is 16.6. The molecule has 0 aliphatic carbocycles. The van der Waals surface area contributed by atoms with E-state index in [1.165, 1.54) is 0 Å². The van der Waals surface area contributed by atoms with Crippen LogP contribution in [0.3, 0.4) is 0 Å². The summed E-state index contributed by atoms with van der Waals surface area (Å²) in [5, 5.41) is 7.57. The van der Waals surface area contributed by atoms with Gasteiger partial charge in [0.1, 0.15) is 0 Å². The number of cyclic esters (lactones) is 2. The van der Waals surface area contributed by atoms with Gasteiger partial charge < -0.3 is 9.84 Å². The van der Waals surface area contributed by atoms with E-state index in [4.69, 9.17) is 5.11 Å². The molecule has 1 fully saturated rings. The number of carbonyl (C=O) groups is 2. The molecule has 0 saturated carbocycles. The first kappa shape index (κ1) is 9.10. The lowest BCUT2D eigenvalue weighted by molar-refractivity contribution is -0.151. The first-order valence-electron chi connectivity index (χ1n) is 3.05. The van der Waals surface area contributed by atoms with Crippen molar-refractivity contribution in [2.45, 2.75) is 19.8 Å². The zero-order valence-corrected chi connectivity index (χ0v) is 5.79. The van der Waals surface area contributed by atoms with Gasteiger partial charge in [0, 0.05) is 6.61 Å². The fourth-order valence-corrected chi connectivity index (χ4v) is 0.433. The first-order chi connectivity index (χ1) is 4.70. The van der Waals surface area contributed by atoms with Gasteiger partial charge in [-0.25, -0.2) is 0 Å². The van der Waals surface area contributed by atoms with Crippen LogP contribution in [-0.2, 0) is 14.3 Å². The standard InChI is InChI=1S/C4H4O3.C2H6O/c5-3-1-2-4(6)7-3;1-2-3/h1-2H2;3H,2H2,1H3. The van der Waals surface area contributed by atoms with Crippen molar-refractivity contribution in [2.75, 3.05) is 6.61 Å². The summed E-state index contributed by atoms with van der Waals surface area (Å²) in [5.74, 6) is -0.796. The lowest BCUT2D eigenvalue weighted by atomic mass is 10.4. The fourth-order valence-electron chi connectivity index (χ4n) is 0.433. The second kappa shape index (κ2) is 4.93. The predicted octanol–water partition coefficient (Wildman–Crippen LogP) is -0.151. The summed E-state index contributed by atoms with van der Waals surface area (Å²) < 4.78 is 4.08. The van der Waals surface area contributed by atoms with Crippen molar-refractivity contribution >= 4 is 11.9 Å². The maximum atomic E-state index is 10.0. The number of carbonyl (C=O) groups excluding carboxylic acids is 2. The maximum Gasteiger partial charge on any atom is 0.314 e. The van der Waals surface area contributed by atoms with Crippen molar-refractivity contribution in [3.8, 4) is 0 Å². The minimum atomic E-state index is -0.398.